The van der Waals surface area contributed by atoms with Gasteiger partial charge in [-0.05, 0) is 98.2 Å². The molecule has 0 aliphatic heterocycles. The summed E-state index contributed by atoms with van der Waals surface area (Å²) in [5.41, 5.74) is 10.1. The van der Waals surface area contributed by atoms with E-state index in [-0.39, 0.29) is 19.1 Å². The van der Waals surface area contributed by atoms with Crippen LogP contribution in [0.3, 0.4) is 0 Å². The average Bonchev–Trinajstić information content (AvgIpc) is 3.65. The lowest BCUT2D eigenvalue weighted by Gasteiger charge is -2.13. The minimum atomic E-state index is -0.175. The number of halogens is 1. The molecule has 0 saturated heterocycles. The standard InChI is InChI=1S/C32H34ClN3O4/c1-18-13-24(14-19(2)31(18)33)39-12-6-9-26-25-7-5-8-27(30-20(3)35-36-21(30)4)28(25)15-29(26)32(38)34-16-22-10-11-23(17-37)40-22/h5,7-8,10-11,13-14,37H,6,9,12,15-17H2,1-4H3,(H,34,38)(H,35,36). The minimum Gasteiger partial charge on any atom is -0.494 e. The van der Waals surface area contributed by atoms with E-state index in [1.807, 2.05) is 39.8 Å². The summed E-state index contributed by atoms with van der Waals surface area (Å²) in [5, 5.41) is 20.6. The fraction of sp³-hybridized carbons (Fsp3) is 0.312. The average molecular weight is 560 g/mol. The molecule has 1 amide bonds. The van der Waals surface area contributed by atoms with Gasteiger partial charge in [0.2, 0.25) is 5.91 Å². The van der Waals surface area contributed by atoms with Crippen LogP contribution in [0.2, 0.25) is 5.02 Å². The number of aromatic amines is 1. The quantitative estimate of drug-likeness (QED) is 0.192. The number of aryl methyl sites for hydroxylation is 4. The van der Waals surface area contributed by atoms with E-state index >= 15 is 0 Å². The van der Waals surface area contributed by atoms with Crippen LogP contribution in [0.15, 0.2) is 52.5 Å². The summed E-state index contributed by atoms with van der Waals surface area (Å²) in [6.07, 6.45) is 1.98. The van der Waals surface area contributed by atoms with Crippen LogP contribution in [0.1, 0.15) is 58.0 Å². The molecule has 0 spiro atoms. The van der Waals surface area contributed by atoms with Gasteiger partial charge in [0, 0.05) is 28.3 Å². The van der Waals surface area contributed by atoms with Crippen molar-refractivity contribution in [3.05, 3.63) is 98.2 Å². The van der Waals surface area contributed by atoms with Crippen LogP contribution in [0.5, 0.6) is 5.75 Å². The molecule has 2 heterocycles. The van der Waals surface area contributed by atoms with Crippen molar-refractivity contribution >= 4 is 23.1 Å². The Morgan fingerprint density at radius 1 is 1.10 bits per heavy atom. The maximum Gasteiger partial charge on any atom is 0.248 e. The minimum absolute atomic E-state index is 0.121. The van der Waals surface area contributed by atoms with Crippen molar-refractivity contribution in [3.63, 3.8) is 0 Å². The largest absolute Gasteiger partial charge is 0.494 e. The van der Waals surface area contributed by atoms with E-state index in [1.165, 1.54) is 0 Å². The Morgan fingerprint density at radius 2 is 1.82 bits per heavy atom. The molecule has 4 aromatic rings. The molecule has 2 aromatic carbocycles. The highest BCUT2D eigenvalue weighted by atomic mass is 35.5. The summed E-state index contributed by atoms with van der Waals surface area (Å²) >= 11 is 6.31. The Bertz CT molecular complexity index is 1550. The predicted molar refractivity (Wildman–Crippen MR) is 156 cm³/mol. The molecule has 40 heavy (non-hydrogen) atoms. The third kappa shape index (κ3) is 5.58. The SMILES string of the molecule is Cc1cc(OCCCC2=C(C(=O)NCc3ccc(CO)o3)Cc3c2cccc3-c2c(C)n[nH]c2C)cc(C)c1Cl. The number of aliphatic hydroxyl groups excluding tert-OH is 1. The van der Waals surface area contributed by atoms with Crippen molar-refractivity contribution in [2.45, 2.75) is 60.1 Å². The molecule has 0 fully saturated rings. The number of nitrogens with one attached hydrogen (secondary N) is 2. The van der Waals surface area contributed by atoms with Gasteiger partial charge in [0.15, 0.2) is 0 Å². The van der Waals surface area contributed by atoms with E-state index in [1.54, 1.807) is 12.1 Å². The van der Waals surface area contributed by atoms with Crippen molar-refractivity contribution in [2.24, 2.45) is 0 Å². The number of carbonyl (C=O) groups is 1. The molecule has 0 atom stereocenters. The molecule has 3 N–H and O–H groups in total. The first-order valence-electron chi connectivity index (χ1n) is 13.5. The maximum absolute atomic E-state index is 13.5. The molecule has 0 unspecified atom stereocenters. The van der Waals surface area contributed by atoms with Gasteiger partial charge >= 0.3 is 0 Å². The number of furan rings is 1. The first-order valence-corrected chi connectivity index (χ1v) is 13.9. The predicted octanol–water partition coefficient (Wildman–Crippen LogP) is 6.53. The van der Waals surface area contributed by atoms with Gasteiger partial charge in [-0.15, -0.1) is 0 Å². The summed E-state index contributed by atoms with van der Waals surface area (Å²) in [5.74, 6) is 1.75. The van der Waals surface area contributed by atoms with E-state index in [2.05, 4.69) is 33.7 Å². The van der Waals surface area contributed by atoms with E-state index in [0.29, 0.717) is 31.0 Å². The summed E-state index contributed by atoms with van der Waals surface area (Å²) in [7, 11) is 0. The molecule has 0 saturated carbocycles. The van der Waals surface area contributed by atoms with E-state index in [4.69, 9.17) is 20.8 Å². The first-order chi connectivity index (χ1) is 19.3. The summed E-state index contributed by atoms with van der Waals surface area (Å²) in [4.78, 5) is 13.5. The monoisotopic (exact) mass is 559 g/mol. The van der Waals surface area contributed by atoms with Crippen molar-refractivity contribution in [3.8, 4) is 16.9 Å². The zero-order valence-electron chi connectivity index (χ0n) is 23.3. The van der Waals surface area contributed by atoms with Crippen LogP contribution in [0, 0.1) is 27.7 Å². The second-order valence-corrected chi connectivity index (χ2v) is 10.7. The number of aliphatic hydroxyl groups is 1. The van der Waals surface area contributed by atoms with Crippen LogP contribution in [0.4, 0.5) is 0 Å². The first kappa shape index (κ1) is 27.7. The zero-order chi connectivity index (χ0) is 28.4. The molecule has 7 nitrogen and oxygen atoms in total. The normalized spacial score (nSPS) is 12.7. The topological polar surface area (TPSA) is 100 Å². The van der Waals surface area contributed by atoms with Crippen LogP contribution in [0.25, 0.3) is 16.7 Å². The van der Waals surface area contributed by atoms with Gasteiger partial charge in [0.25, 0.3) is 0 Å². The van der Waals surface area contributed by atoms with E-state index < -0.39 is 0 Å². The van der Waals surface area contributed by atoms with Crippen LogP contribution in [-0.2, 0) is 24.4 Å². The summed E-state index contributed by atoms with van der Waals surface area (Å²) in [6, 6.07) is 13.7. The number of fused-ring (bicyclic) bond motifs is 1. The number of rotatable bonds is 10. The van der Waals surface area contributed by atoms with Gasteiger partial charge in [0.1, 0.15) is 23.9 Å². The van der Waals surface area contributed by atoms with E-state index in [0.717, 1.165) is 73.1 Å². The maximum atomic E-state index is 13.5. The lowest BCUT2D eigenvalue weighted by atomic mass is 9.93. The van der Waals surface area contributed by atoms with E-state index in [9.17, 15) is 9.90 Å². The van der Waals surface area contributed by atoms with Gasteiger partial charge < -0.3 is 19.6 Å². The third-order valence-electron chi connectivity index (χ3n) is 7.44. The van der Waals surface area contributed by atoms with Crippen LogP contribution < -0.4 is 10.1 Å². The Hall–Kier alpha value is -3.81. The fourth-order valence-electron chi connectivity index (χ4n) is 5.50. The molecule has 8 heteroatoms. The highest BCUT2D eigenvalue weighted by Crippen LogP contribution is 2.42. The molecule has 2 aromatic heterocycles. The van der Waals surface area contributed by atoms with Gasteiger partial charge in [-0.3, -0.25) is 9.89 Å². The van der Waals surface area contributed by atoms with Gasteiger partial charge in [-0.25, -0.2) is 0 Å². The number of nitrogens with zero attached hydrogens (tertiary/aromatic N) is 1. The van der Waals surface area contributed by atoms with Crippen molar-refractivity contribution in [2.75, 3.05) is 6.61 Å². The second kappa shape index (κ2) is 11.7. The van der Waals surface area contributed by atoms with Crippen LogP contribution >= 0.6 is 11.6 Å². The van der Waals surface area contributed by atoms with Gasteiger partial charge in [0.05, 0.1) is 18.8 Å². The lowest BCUT2D eigenvalue weighted by Crippen LogP contribution is -2.25. The Labute approximate surface area is 239 Å². The molecular formula is C32H34ClN3O4. The smallest absolute Gasteiger partial charge is 0.248 e. The number of aromatic nitrogens is 2. The molecule has 0 radical (unpaired) electrons. The second-order valence-electron chi connectivity index (χ2n) is 10.3. The van der Waals surface area contributed by atoms with Crippen LogP contribution in [-0.4, -0.2) is 27.8 Å². The number of hydrogen-bond acceptors (Lipinski definition) is 5. The zero-order valence-corrected chi connectivity index (χ0v) is 24.0. The van der Waals surface area contributed by atoms with Crippen molar-refractivity contribution in [1.82, 2.24) is 15.5 Å². The Morgan fingerprint density at radius 3 is 2.50 bits per heavy atom. The molecule has 208 valence electrons. The molecule has 1 aliphatic rings. The molecule has 0 bridgehead atoms. The highest BCUT2D eigenvalue weighted by Gasteiger charge is 2.29. The van der Waals surface area contributed by atoms with Gasteiger partial charge in [-0.1, -0.05) is 29.8 Å². The molecule has 5 rings (SSSR count). The number of benzene rings is 2. The summed E-state index contributed by atoms with van der Waals surface area (Å²) < 4.78 is 11.6. The van der Waals surface area contributed by atoms with Crippen molar-refractivity contribution < 1.29 is 19.1 Å². The Kier molecular flexibility index (Phi) is 8.14. The summed E-state index contributed by atoms with van der Waals surface area (Å²) in [6.45, 7) is 8.56. The Balaban J connectivity index is 1.38. The number of carbonyl (C=O) groups excluding carboxylic acids is 1. The molecule has 1 aliphatic carbocycles. The number of H-pyrrole nitrogens is 1. The number of allylic oxidation sites excluding steroid dienone is 1. The number of ether oxygens (including phenoxy) is 1. The number of hydrogen-bond donors (Lipinski definition) is 3. The fourth-order valence-corrected chi connectivity index (χ4v) is 5.60. The number of amides is 1. The highest BCUT2D eigenvalue weighted by molar-refractivity contribution is 6.32. The molecular weight excluding hydrogens is 526 g/mol. The van der Waals surface area contributed by atoms with Gasteiger partial charge in [-0.2, -0.15) is 5.10 Å². The third-order valence-corrected chi connectivity index (χ3v) is 8.03. The van der Waals surface area contributed by atoms with Crippen molar-refractivity contribution in [1.29, 1.82) is 0 Å². The lowest BCUT2D eigenvalue weighted by molar-refractivity contribution is -0.117.